The molecule has 0 bridgehead atoms. The summed E-state index contributed by atoms with van der Waals surface area (Å²) in [6.45, 7) is 1.93. The Labute approximate surface area is 125 Å². The Morgan fingerprint density at radius 2 is 1.95 bits per heavy atom. The fourth-order valence-corrected chi connectivity index (χ4v) is 2.70. The maximum absolute atomic E-state index is 12.5. The van der Waals surface area contributed by atoms with Crippen molar-refractivity contribution < 1.29 is 9.53 Å². The van der Waals surface area contributed by atoms with Crippen molar-refractivity contribution in [2.75, 3.05) is 7.11 Å². The first-order chi connectivity index (χ1) is 9.01. The van der Waals surface area contributed by atoms with Crippen molar-refractivity contribution in [3.8, 4) is 5.75 Å². The third kappa shape index (κ3) is 3.17. The van der Waals surface area contributed by atoms with E-state index in [1.54, 1.807) is 31.4 Å². The van der Waals surface area contributed by atoms with Gasteiger partial charge in [-0.2, -0.15) is 0 Å². The smallest absolute Gasteiger partial charge is 0.196 e. The predicted octanol–water partition coefficient (Wildman–Crippen LogP) is 4.65. The van der Waals surface area contributed by atoms with Gasteiger partial charge in [-0.25, -0.2) is 0 Å². The van der Waals surface area contributed by atoms with E-state index < -0.39 is 0 Å². The number of hydrogen-bond donors (Lipinski definition) is 0. The number of methoxy groups -OCH3 is 1. The summed E-state index contributed by atoms with van der Waals surface area (Å²) in [5.41, 5.74) is 2.07. The number of rotatable bonds is 3. The molecule has 2 nitrogen and oxygen atoms in total. The molecule has 2 rings (SSSR count). The minimum atomic E-state index is -0.108. The second kappa shape index (κ2) is 5.76. The minimum Gasteiger partial charge on any atom is -0.496 e. The quantitative estimate of drug-likeness (QED) is 0.761. The van der Waals surface area contributed by atoms with Crippen LogP contribution in [0.5, 0.6) is 5.75 Å². The molecule has 0 aliphatic heterocycles. The van der Waals surface area contributed by atoms with Crippen LogP contribution in [0.3, 0.4) is 0 Å². The number of aryl methyl sites for hydroxylation is 1. The van der Waals surface area contributed by atoms with Gasteiger partial charge in [-0.3, -0.25) is 4.79 Å². The van der Waals surface area contributed by atoms with Crippen LogP contribution in [0.15, 0.2) is 40.9 Å². The van der Waals surface area contributed by atoms with E-state index in [0.29, 0.717) is 21.9 Å². The summed E-state index contributed by atoms with van der Waals surface area (Å²) in [6, 6.07) is 10.7. The molecule has 0 N–H and O–H groups in total. The first kappa shape index (κ1) is 14.1. The van der Waals surface area contributed by atoms with E-state index >= 15 is 0 Å². The van der Waals surface area contributed by atoms with Crippen LogP contribution in [0.1, 0.15) is 21.5 Å². The molecule has 0 unspecified atom stereocenters. The highest BCUT2D eigenvalue weighted by atomic mass is 79.9. The standard InChI is InChI=1S/C15H12BrClO2/c1-9-3-4-14(19-2)13(5-9)15(18)10-6-11(16)8-12(17)7-10/h3-8H,1-2H3. The average Bonchev–Trinajstić information content (AvgIpc) is 2.36. The van der Waals surface area contributed by atoms with Gasteiger partial charge in [-0.15, -0.1) is 0 Å². The van der Waals surface area contributed by atoms with Gasteiger partial charge in [-0.05, 0) is 37.3 Å². The molecule has 2 aromatic carbocycles. The molecule has 0 fully saturated rings. The molecule has 19 heavy (non-hydrogen) atoms. The van der Waals surface area contributed by atoms with Crippen LogP contribution in [0.2, 0.25) is 5.02 Å². The molecule has 0 saturated carbocycles. The lowest BCUT2D eigenvalue weighted by molar-refractivity contribution is 0.103. The van der Waals surface area contributed by atoms with Crippen LogP contribution < -0.4 is 4.74 Å². The summed E-state index contributed by atoms with van der Waals surface area (Å²) in [7, 11) is 1.55. The van der Waals surface area contributed by atoms with Gasteiger partial charge in [0.15, 0.2) is 5.78 Å². The van der Waals surface area contributed by atoms with Crippen molar-refractivity contribution in [3.05, 3.63) is 62.6 Å². The van der Waals surface area contributed by atoms with Gasteiger partial charge < -0.3 is 4.74 Å². The number of hydrogen-bond acceptors (Lipinski definition) is 2. The molecule has 0 aliphatic carbocycles. The first-order valence-electron chi connectivity index (χ1n) is 5.66. The largest absolute Gasteiger partial charge is 0.496 e. The summed E-state index contributed by atoms with van der Waals surface area (Å²) in [5.74, 6) is 0.454. The molecule has 2 aromatic rings. The number of ketones is 1. The number of carbonyl (C=O) groups excluding carboxylic acids is 1. The zero-order chi connectivity index (χ0) is 14.0. The third-order valence-electron chi connectivity index (χ3n) is 2.72. The van der Waals surface area contributed by atoms with E-state index in [9.17, 15) is 4.79 Å². The summed E-state index contributed by atoms with van der Waals surface area (Å²) < 4.78 is 6.01. The maximum atomic E-state index is 12.5. The van der Waals surface area contributed by atoms with Crippen LogP contribution in [-0.2, 0) is 0 Å². The highest BCUT2D eigenvalue weighted by molar-refractivity contribution is 9.10. The van der Waals surface area contributed by atoms with Crippen molar-refractivity contribution >= 4 is 33.3 Å². The molecule has 4 heteroatoms. The highest BCUT2D eigenvalue weighted by Crippen LogP contribution is 2.26. The van der Waals surface area contributed by atoms with E-state index in [0.717, 1.165) is 10.0 Å². The monoisotopic (exact) mass is 338 g/mol. The van der Waals surface area contributed by atoms with Gasteiger partial charge in [0.2, 0.25) is 0 Å². The van der Waals surface area contributed by atoms with Crippen LogP contribution >= 0.6 is 27.5 Å². The van der Waals surface area contributed by atoms with Crippen LogP contribution in [-0.4, -0.2) is 12.9 Å². The van der Waals surface area contributed by atoms with Gasteiger partial charge in [0.1, 0.15) is 5.75 Å². The van der Waals surface area contributed by atoms with Gasteiger partial charge in [0.05, 0.1) is 12.7 Å². The van der Waals surface area contributed by atoms with E-state index in [2.05, 4.69) is 15.9 Å². The molecule has 0 atom stereocenters. The van der Waals surface area contributed by atoms with Gasteiger partial charge in [0, 0.05) is 15.1 Å². The van der Waals surface area contributed by atoms with Gasteiger partial charge in [-0.1, -0.05) is 39.2 Å². The Hall–Kier alpha value is -1.32. The molecule has 0 saturated heterocycles. The molecular weight excluding hydrogens is 328 g/mol. The normalized spacial score (nSPS) is 10.3. The molecular formula is C15H12BrClO2. The Kier molecular flexibility index (Phi) is 4.27. The third-order valence-corrected chi connectivity index (χ3v) is 3.40. The molecule has 98 valence electrons. The SMILES string of the molecule is COc1ccc(C)cc1C(=O)c1cc(Cl)cc(Br)c1. The van der Waals surface area contributed by atoms with Crippen molar-refractivity contribution in [1.82, 2.24) is 0 Å². The first-order valence-corrected chi connectivity index (χ1v) is 6.84. The summed E-state index contributed by atoms with van der Waals surface area (Å²) in [6.07, 6.45) is 0. The molecule has 0 aliphatic rings. The topological polar surface area (TPSA) is 26.3 Å². The fraction of sp³-hybridized carbons (Fsp3) is 0.133. The number of benzene rings is 2. The lowest BCUT2D eigenvalue weighted by Crippen LogP contribution is -2.04. The fourth-order valence-electron chi connectivity index (χ4n) is 1.84. The second-order valence-corrected chi connectivity index (χ2v) is 5.54. The zero-order valence-electron chi connectivity index (χ0n) is 10.5. The van der Waals surface area contributed by atoms with Crippen molar-refractivity contribution in [1.29, 1.82) is 0 Å². The predicted molar refractivity (Wildman–Crippen MR) is 80.3 cm³/mol. The van der Waals surface area contributed by atoms with Crippen LogP contribution in [0.25, 0.3) is 0 Å². The lowest BCUT2D eigenvalue weighted by atomic mass is 10.0. The Morgan fingerprint density at radius 1 is 1.21 bits per heavy atom. The maximum Gasteiger partial charge on any atom is 0.196 e. The Balaban J connectivity index is 2.52. The summed E-state index contributed by atoms with van der Waals surface area (Å²) >= 11 is 9.31. The van der Waals surface area contributed by atoms with Crippen LogP contribution in [0.4, 0.5) is 0 Å². The zero-order valence-corrected chi connectivity index (χ0v) is 12.9. The second-order valence-electron chi connectivity index (χ2n) is 4.19. The number of ether oxygens (including phenoxy) is 1. The molecule has 0 radical (unpaired) electrons. The minimum absolute atomic E-state index is 0.108. The van der Waals surface area contributed by atoms with E-state index in [4.69, 9.17) is 16.3 Å². The average molecular weight is 340 g/mol. The van der Waals surface area contributed by atoms with Crippen molar-refractivity contribution in [3.63, 3.8) is 0 Å². The lowest BCUT2D eigenvalue weighted by Gasteiger charge is -2.09. The Bertz CT molecular complexity index is 618. The van der Waals surface area contributed by atoms with Crippen molar-refractivity contribution in [2.45, 2.75) is 6.92 Å². The summed E-state index contributed by atoms with van der Waals surface area (Å²) in [5, 5.41) is 0.518. The summed E-state index contributed by atoms with van der Waals surface area (Å²) in [4.78, 5) is 12.5. The van der Waals surface area contributed by atoms with Crippen molar-refractivity contribution in [2.24, 2.45) is 0 Å². The molecule has 0 aromatic heterocycles. The number of carbonyl (C=O) groups is 1. The highest BCUT2D eigenvalue weighted by Gasteiger charge is 2.15. The molecule has 0 heterocycles. The van der Waals surface area contributed by atoms with Crippen LogP contribution in [0, 0.1) is 6.92 Å². The van der Waals surface area contributed by atoms with E-state index in [-0.39, 0.29) is 5.78 Å². The van der Waals surface area contributed by atoms with E-state index in [1.807, 2.05) is 19.1 Å². The van der Waals surface area contributed by atoms with E-state index in [1.165, 1.54) is 0 Å². The number of halogens is 2. The van der Waals surface area contributed by atoms with Gasteiger partial charge >= 0.3 is 0 Å². The van der Waals surface area contributed by atoms with Gasteiger partial charge in [0.25, 0.3) is 0 Å². The molecule has 0 amide bonds. The Morgan fingerprint density at radius 3 is 2.58 bits per heavy atom. The molecule has 0 spiro atoms.